The predicted molar refractivity (Wildman–Crippen MR) is 65.5 cm³/mol. The van der Waals surface area contributed by atoms with E-state index in [1.807, 2.05) is 5.32 Å². The van der Waals surface area contributed by atoms with Gasteiger partial charge in [-0.3, -0.25) is 4.79 Å². The lowest BCUT2D eigenvalue weighted by molar-refractivity contribution is -0.157. The molecule has 4 nitrogen and oxygen atoms in total. The molecule has 1 aromatic rings. The Morgan fingerprint density at radius 1 is 1.25 bits per heavy atom. The number of aryl methyl sites for hydroxylation is 2. The summed E-state index contributed by atoms with van der Waals surface area (Å²) < 4.78 is 36.8. The van der Waals surface area contributed by atoms with E-state index in [0.717, 1.165) is 0 Å². The number of halogens is 3. The van der Waals surface area contributed by atoms with Crippen LogP contribution in [0.5, 0.6) is 0 Å². The highest BCUT2D eigenvalue weighted by molar-refractivity contribution is 5.99. The molecule has 1 amide bonds. The summed E-state index contributed by atoms with van der Waals surface area (Å²) in [6.07, 6.45) is -6.28. The summed E-state index contributed by atoms with van der Waals surface area (Å²) in [4.78, 5) is 22.7. The van der Waals surface area contributed by atoms with Crippen LogP contribution in [0.1, 0.15) is 27.9 Å². The molecule has 7 heteroatoms. The van der Waals surface area contributed by atoms with Crippen molar-refractivity contribution in [1.82, 2.24) is 5.32 Å². The van der Waals surface area contributed by atoms with E-state index in [9.17, 15) is 22.8 Å². The standard InChI is InChI=1S/C13H14F3NO3/c1-7-4-3-5-8(2)10(7)11(18)17-9(12(19)20)6-13(14,15)16/h3-5,9H,6H2,1-2H3,(H,17,18)(H,19,20). The van der Waals surface area contributed by atoms with Gasteiger partial charge in [0.05, 0.1) is 6.42 Å². The second-order valence-electron chi connectivity index (χ2n) is 4.45. The summed E-state index contributed by atoms with van der Waals surface area (Å²) >= 11 is 0. The average molecular weight is 289 g/mol. The van der Waals surface area contributed by atoms with E-state index in [-0.39, 0.29) is 5.56 Å². The van der Waals surface area contributed by atoms with Crippen molar-refractivity contribution in [2.45, 2.75) is 32.5 Å². The van der Waals surface area contributed by atoms with Gasteiger partial charge in [-0.05, 0) is 25.0 Å². The first-order chi connectivity index (χ1) is 9.11. The molecule has 20 heavy (non-hydrogen) atoms. The van der Waals surface area contributed by atoms with Crippen LogP contribution in [0.15, 0.2) is 18.2 Å². The molecule has 0 bridgehead atoms. The third kappa shape index (κ3) is 4.25. The Morgan fingerprint density at radius 2 is 1.75 bits per heavy atom. The lowest BCUT2D eigenvalue weighted by Gasteiger charge is -2.17. The molecule has 0 aliphatic heterocycles. The highest BCUT2D eigenvalue weighted by Crippen LogP contribution is 2.22. The number of aliphatic carboxylic acids is 1. The molecule has 0 spiro atoms. The normalized spacial score (nSPS) is 12.8. The Hall–Kier alpha value is -2.05. The molecule has 0 saturated heterocycles. The highest BCUT2D eigenvalue weighted by atomic mass is 19.4. The smallest absolute Gasteiger partial charge is 0.391 e. The molecule has 0 heterocycles. The number of rotatable bonds is 4. The van der Waals surface area contributed by atoms with Crippen molar-refractivity contribution in [2.75, 3.05) is 0 Å². The SMILES string of the molecule is Cc1cccc(C)c1C(=O)NC(CC(F)(F)F)C(=O)O. The Bertz CT molecular complexity index is 506. The summed E-state index contributed by atoms with van der Waals surface area (Å²) in [6, 6.07) is 2.95. The molecule has 1 unspecified atom stereocenters. The summed E-state index contributed by atoms with van der Waals surface area (Å²) in [5.74, 6) is -2.54. The lowest BCUT2D eigenvalue weighted by Crippen LogP contribution is -2.44. The van der Waals surface area contributed by atoms with E-state index in [2.05, 4.69) is 0 Å². The van der Waals surface area contributed by atoms with E-state index in [1.54, 1.807) is 32.0 Å². The Balaban J connectivity index is 2.95. The Morgan fingerprint density at radius 3 is 2.15 bits per heavy atom. The number of amides is 1. The van der Waals surface area contributed by atoms with Crippen LogP contribution in [0.25, 0.3) is 0 Å². The van der Waals surface area contributed by atoms with Gasteiger partial charge in [-0.15, -0.1) is 0 Å². The van der Waals surface area contributed by atoms with Crippen molar-refractivity contribution in [3.05, 3.63) is 34.9 Å². The van der Waals surface area contributed by atoms with Crippen LogP contribution in [0, 0.1) is 13.8 Å². The van der Waals surface area contributed by atoms with Crippen LogP contribution in [-0.2, 0) is 4.79 Å². The van der Waals surface area contributed by atoms with Crippen molar-refractivity contribution in [1.29, 1.82) is 0 Å². The van der Waals surface area contributed by atoms with Crippen LogP contribution in [0.2, 0.25) is 0 Å². The lowest BCUT2D eigenvalue weighted by atomic mass is 10.0. The molecule has 1 aromatic carbocycles. The minimum atomic E-state index is -4.67. The Labute approximate surface area is 113 Å². The van der Waals surface area contributed by atoms with Crippen molar-refractivity contribution < 1.29 is 27.9 Å². The van der Waals surface area contributed by atoms with E-state index in [0.29, 0.717) is 11.1 Å². The second-order valence-corrected chi connectivity index (χ2v) is 4.45. The fourth-order valence-electron chi connectivity index (χ4n) is 1.83. The number of nitrogens with one attached hydrogen (secondary N) is 1. The zero-order chi connectivity index (χ0) is 15.5. The van der Waals surface area contributed by atoms with Gasteiger partial charge in [0.25, 0.3) is 5.91 Å². The number of carbonyl (C=O) groups excluding carboxylic acids is 1. The molecular formula is C13H14F3NO3. The first-order valence-electron chi connectivity index (χ1n) is 5.78. The number of carboxylic acids is 1. The minimum absolute atomic E-state index is 0.195. The van der Waals surface area contributed by atoms with Crippen LogP contribution >= 0.6 is 0 Å². The summed E-state index contributed by atoms with van der Waals surface area (Å²) in [6.45, 7) is 3.25. The Kier molecular flexibility index (Phi) is 4.75. The summed E-state index contributed by atoms with van der Waals surface area (Å²) in [7, 11) is 0. The molecule has 0 saturated carbocycles. The van der Waals surface area contributed by atoms with Crippen LogP contribution in [0.4, 0.5) is 13.2 Å². The fraction of sp³-hybridized carbons (Fsp3) is 0.385. The quantitative estimate of drug-likeness (QED) is 0.894. The monoisotopic (exact) mass is 289 g/mol. The van der Waals surface area contributed by atoms with Gasteiger partial charge in [0.15, 0.2) is 0 Å². The van der Waals surface area contributed by atoms with Gasteiger partial charge >= 0.3 is 12.1 Å². The van der Waals surface area contributed by atoms with E-state index in [4.69, 9.17) is 5.11 Å². The second kappa shape index (κ2) is 5.94. The molecule has 0 radical (unpaired) electrons. The molecule has 0 aromatic heterocycles. The molecule has 110 valence electrons. The van der Waals surface area contributed by atoms with Gasteiger partial charge in [-0.25, -0.2) is 4.79 Å². The number of hydrogen-bond acceptors (Lipinski definition) is 2. The highest BCUT2D eigenvalue weighted by Gasteiger charge is 2.36. The number of benzene rings is 1. The summed E-state index contributed by atoms with van der Waals surface area (Å²) in [5.41, 5.74) is 1.33. The molecular weight excluding hydrogens is 275 g/mol. The minimum Gasteiger partial charge on any atom is -0.480 e. The van der Waals surface area contributed by atoms with Crippen molar-refractivity contribution in [3.63, 3.8) is 0 Å². The molecule has 2 N–H and O–H groups in total. The zero-order valence-electron chi connectivity index (χ0n) is 10.9. The third-order valence-electron chi connectivity index (χ3n) is 2.75. The molecule has 0 fully saturated rings. The van der Waals surface area contributed by atoms with Gasteiger partial charge in [0.1, 0.15) is 6.04 Å². The van der Waals surface area contributed by atoms with Crippen LogP contribution < -0.4 is 5.32 Å². The maximum absolute atomic E-state index is 12.3. The maximum Gasteiger partial charge on any atom is 0.391 e. The number of carboxylic acid groups (broad SMARTS) is 1. The molecule has 1 atom stereocenters. The topological polar surface area (TPSA) is 66.4 Å². The van der Waals surface area contributed by atoms with Gasteiger partial charge in [-0.2, -0.15) is 13.2 Å². The molecule has 0 aliphatic carbocycles. The van der Waals surface area contributed by atoms with Gasteiger partial charge < -0.3 is 10.4 Å². The molecule has 0 aliphatic rings. The molecule has 1 rings (SSSR count). The van der Waals surface area contributed by atoms with E-state index < -0.39 is 30.5 Å². The van der Waals surface area contributed by atoms with Gasteiger partial charge in [-0.1, -0.05) is 18.2 Å². The van der Waals surface area contributed by atoms with Crippen LogP contribution in [-0.4, -0.2) is 29.2 Å². The van der Waals surface area contributed by atoms with Crippen molar-refractivity contribution in [3.8, 4) is 0 Å². The number of carbonyl (C=O) groups is 2. The predicted octanol–water partition coefficient (Wildman–Crippen LogP) is 2.44. The number of alkyl halides is 3. The van der Waals surface area contributed by atoms with Gasteiger partial charge in [0.2, 0.25) is 0 Å². The first-order valence-corrected chi connectivity index (χ1v) is 5.78. The van der Waals surface area contributed by atoms with E-state index in [1.165, 1.54) is 0 Å². The van der Waals surface area contributed by atoms with Gasteiger partial charge in [0, 0.05) is 5.56 Å². The maximum atomic E-state index is 12.3. The van der Waals surface area contributed by atoms with Crippen molar-refractivity contribution >= 4 is 11.9 Å². The first kappa shape index (κ1) is 16.0. The fourth-order valence-corrected chi connectivity index (χ4v) is 1.83. The average Bonchev–Trinajstić information content (AvgIpc) is 2.25. The summed E-state index contributed by atoms with van der Waals surface area (Å²) in [5, 5.41) is 10.7. The zero-order valence-corrected chi connectivity index (χ0v) is 10.9. The van der Waals surface area contributed by atoms with Crippen molar-refractivity contribution in [2.24, 2.45) is 0 Å². The number of hydrogen-bond donors (Lipinski definition) is 2. The van der Waals surface area contributed by atoms with Crippen LogP contribution in [0.3, 0.4) is 0 Å². The third-order valence-corrected chi connectivity index (χ3v) is 2.75. The van der Waals surface area contributed by atoms with E-state index >= 15 is 0 Å². The largest absolute Gasteiger partial charge is 0.480 e.